The molecule has 5 aromatic rings. The molecule has 0 bridgehead atoms. The molecular formula is C25H20FN7O2. The van der Waals surface area contributed by atoms with Gasteiger partial charge in [-0.15, -0.1) is 0 Å². The summed E-state index contributed by atoms with van der Waals surface area (Å²) in [5.41, 5.74) is 9.84. The van der Waals surface area contributed by atoms with E-state index in [0.717, 1.165) is 5.56 Å². The van der Waals surface area contributed by atoms with Gasteiger partial charge >= 0.3 is 0 Å². The molecule has 0 atom stereocenters. The molecule has 0 unspecified atom stereocenters. The summed E-state index contributed by atoms with van der Waals surface area (Å²) in [5.74, 6) is -0.334. The van der Waals surface area contributed by atoms with Crippen LogP contribution in [0.1, 0.15) is 21.5 Å². The van der Waals surface area contributed by atoms with Crippen molar-refractivity contribution in [1.82, 2.24) is 24.9 Å². The molecule has 0 fully saturated rings. The van der Waals surface area contributed by atoms with Gasteiger partial charge in [-0.2, -0.15) is 5.10 Å². The van der Waals surface area contributed by atoms with Crippen LogP contribution in [-0.2, 0) is 6.54 Å². The highest BCUT2D eigenvalue weighted by molar-refractivity contribution is 6.05. The minimum Gasteiger partial charge on any atom is -0.382 e. The summed E-state index contributed by atoms with van der Waals surface area (Å²) < 4.78 is 20.8. The molecule has 174 valence electrons. The molecule has 10 heteroatoms. The van der Waals surface area contributed by atoms with Crippen LogP contribution in [0.5, 0.6) is 0 Å². The molecule has 0 spiro atoms. The second-order valence-corrected chi connectivity index (χ2v) is 7.86. The molecule has 0 aliphatic carbocycles. The lowest BCUT2D eigenvalue weighted by molar-refractivity contribution is 0.102. The number of carbonyl (C=O) groups excluding carboxylic acids is 1. The average molecular weight is 469 g/mol. The van der Waals surface area contributed by atoms with Crippen molar-refractivity contribution >= 4 is 17.4 Å². The molecule has 3 aromatic heterocycles. The zero-order valence-corrected chi connectivity index (χ0v) is 18.6. The van der Waals surface area contributed by atoms with E-state index in [0.29, 0.717) is 28.2 Å². The predicted molar refractivity (Wildman–Crippen MR) is 128 cm³/mol. The lowest BCUT2D eigenvalue weighted by Crippen LogP contribution is -2.14. The maximum absolute atomic E-state index is 14.3. The van der Waals surface area contributed by atoms with E-state index in [9.17, 15) is 9.18 Å². The van der Waals surface area contributed by atoms with Crippen molar-refractivity contribution in [3.8, 4) is 22.9 Å². The number of hydrogen-bond donors (Lipinski definition) is 2. The number of aromatic nitrogens is 5. The first kappa shape index (κ1) is 22.0. The van der Waals surface area contributed by atoms with Gasteiger partial charge in [-0.1, -0.05) is 41.1 Å². The van der Waals surface area contributed by atoms with Crippen LogP contribution in [0.2, 0.25) is 0 Å². The Balaban J connectivity index is 1.45. The van der Waals surface area contributed by atoms with Crippen molar-refractivity contribution in [3.05, 3.63) is 95.6 Å². The Bertz CT molecular complexity index is 1510. The SMILES string of the molecule is Cc1cccc(C(=O)Nc2cnc(-c3cc(-c4ccon4)n(Cc4ccccc4F)n3)nc2N)c1. The van der Waals surface area contributed by atoms with Crippen LogP contribution >= 0.6 is 0 Å². The molecule has 1 amide bonds. The van der Waals surface area contributed by atoms with Gasteiger partial charge in [-0.25, -0.2) is 14.4 Å². The molecule has 3 N–H and O–H groups in total. The summed E-state index contributed by atoms with van der Waals surface area (Å²) in [4.78, 5) is 21.2. The van der Waals surface area contributed by atoms with Crippen LogP contribution in [0.25, 0.3) is 22.9 Å². The van der Waals surface area contributed by atoms with E-state index in [2.05, 4.69) is 25.5 Å². The number of aryl methyl sites for hydroxylation is 1. The first-order chi connectivity index (χ1) is 17.0. The minimum absolute atomic E-state index is 0.0858. The third-order valence-electron chi connectivity index (χ3n) is 5.33. The van der Waals surface area contributed by atoms with Gasteiger partial charge in [0.15, 0.2) is 11.6 Å². The Kier molecular flexibility index (Phi) is 5.76. The normalized spacial score (nSPS) is 10.9. The summed E-state index contributed by atoms with van der Waals surface area (Å²) in [6.45, 7) is 2.07. The van der Waals surface area contributed by atoms with Crippen LogP contribution in [0.4, 0.5) is 15.9 Å². The Morgan fingerprint density at radius 3 is 2.71 bits per heavy atom. The molecular weight excluding hydrogens is 449 g/mol. The number of carbonyl (C=O) groups is 1. The number of hydrogen-bond acceptors (Lipinski definition) is 7. The maximum Gasteiger partial charge on any atom is 0.255 e. The number of benzene rings is 2. The quantitative estimate of drug-likeness (QED) is 0.379. The topological polar surface area (TPSA) is 125 Å². The number of nitrogen functional groups attached to an aromatic ring is 1. The van der Waals surface area contributed by atoms with Gasteiger partial charge in [0.25, 0.3) is 5.91 Å². The number of rotatable bonds is 6. The number of anilines is 2. The smallest absolute Gasteiger partial charge is 0.255 e. The summed E-state index contributed by atoms with van der Waals surface area (Å²) in [7, 11) is 0. The van der Waals surface area contributed by atoms with Crippen molar-refractivity contribution in [2.45, 2.75) is 13.5 Å². The third kappa shape index (κ3) is 4.62. The van der Waals surface area contributed by atoms with Crippen LogP contribution < -0.4 is 11.1 Å². The molecule has 0 saturated heterocycles. The van der Waals surface area contributed by atoms with Crippen LogP contribution in [0.3, 0.4) is 0 Å². The van der Waals surface area contributed by atoms with Crippen molar-refractivity contribution in [1.29, 1.82) is 0 Å². The number of nitrogens with one attached hydrogen (secondary N) is 1. The largest absolute Gasteiger partial charge is 0.382 e. The summed E-state index contributed by atoms with van der Waals surface area (Å²) in [6, 6.07) is 17.0. The van der Waals surface area contributed by atoms with Gasteiger partial charge in [0.1, 0.15) is 29.2 Å². The predicted octanol–water partition coefficient (Wildman–Crippen LogP) is 4.33. The Labute approximate surface area is 199 Å². The lowest BCUT2D eigenvalue weighted by Gasteiger charge is -2.08. The molecule has 3 heterocycles. The van der Waals surface area contributed by atoms with Gasteiger partial charge < -0.3 is 15.6 Å². The van der Waals surface area contributed by atoms with E-state index in [4.69, 9.17) is 10.3 Å². The highest BCUT2D eigenvalue weighted by atomic mass is 19.1. The first-order valence-corrected chi connectivity index (χ1v) is 10.7. The minimum atomic E-state index is -0.343. The molecule has 35 heavy (non-hydrogen) atoms. The molecule has 9 nitrogen and oxygen atoms in total. The number of amides is 1. The summed E-state index contributed by atoms with van der Waals surface area (Å²) >= 11 is 0. The standard InChI is InChI=1S/C25H20FN7O2/c1-15-5-4-7-16(11-15)25(34)29-21-13-28-24(30-23(21)27)20-12-22(19-9-10-35-32-19)33(31-20)14-17-6-2-3-8-18(17)26/h2-13H,14H2,1H3,(H,29,34)(H2,27,28,30). The third-order valence-corrected chi connectivity index (χ3v) is 5.33. The van der Waals surface area contributed by atoms with Gasteiger partial charge in [0, 0.05) is 17.2 Å². The first-order valence-electron chi connectivity index (χ1n) is 10.7. The molecule has 0 aliphatic rings. The maximum atomic E-state index is 14.3. The average Bonchev–Trinajstić information content (AvgIpc) is 3.52. The van der Waals surface area contributed by atoms with Crippen LogP contribution in [0.15, 0.2) is 77.6 Å². The second kappa shape index (κ2) is 9.18. The molecule has 5 rings (SSSR count). The fraction of sp³-hybridized carbons (Fsp3) is 0.0800. The monoisotopic (exact) mass is 469 g/mol. The van der Waals surface area contributed by atoms with E-state index >= 15 is 0 Å². The number of halogens is 1. The molecule has 0 radical (unpaired) electrons. The van der Waals surface area contributed by atoms with E-state index < -0.39 is 0 Å². The van der Waals surface area contributed by atoms with Crippen molar-refractivity contribution < 1.29 is 13.7 Å². The lowest BCUT2D eigenvalue weighted by atomic mass is 10.1. The molecule has 0 aliphatic heterocycles. The van der Waals surface area contributed by atoms with E-state index in [1.54, 1.807) is 53.2 Å². The highest BCUT2D eigenvalue weighted by Crippen LogP contribution is 2.26. The van der Waals surface area contributed by atoms with Gasteiger partial charge in [-0.05, 0) is 31.2 Å². The highest BCUT2D eigenvalue weighted by Gasteiger charge is 2.18. The fourth-order valence-electron chi connectivity index (χ4n) is 3.58. The van der Waals surface area contributed by atoms with E-state index in [-0.39, 0.29) is 35.6 Å². The summed E-state index contributed by atoms with van der Waals surface area (Å²) in [6.07, 6.45) is 2.87. The Hall–Kier alpha value is -4.86. The van der Waals surface area contributed by atoms with Gasteiger partial charge in [0.05, 0.1) is 18.4 Å². The van der Waals surface area contributed by atoms with Crippen molar-refractivity contribution in [2.24, 2.45) is 0 Å². The fourth-order valence-corrected chi connectivity index (χ4v) is 3.58. The molecule has 0 saturated carbocycles. The zero-order chi connectivity index (χ0) is 24.4. The summed E-state index contributed by atoms with van der Waals surface area (Å²) in [5, 5.41) is 11.3. The number of nitrogens with zero attached hydrogens (tertiary/aromatic N) is 5. The Morgan fingerprint density at radius 2 is 1.97 bits per heavy atom. The zero-order valence-electron chi connectivity index (χ0n) is 18.6. The van der Waals surface area contributed by atoms with Gasteiger partial charge in [-0.3, -0.25) is 9.48 Å². The number of nitrogens with two attached hydrogens (primary N) is 1. The van der Waals surface area contributed by atoms with Crippen molar-refractivity contribution in [3.63, 3.8) is 0 Å². The van der Waals surface area contributed by atoms with Crippen molar-refractivity contribution in [2.75, 3.05) is 11.1 Å². The van der Waals surface area contributed by atoms with Crippen LogP contribution in [-0.4, -0.2) is 30.8 Å². The van der Waals surface area contributed by atoms with E-state index in [1.807, 2.05) is 13.0 Å². The van der Waals surface area contributed by atoms with Gasteiger partial charge in [0.2, 0.25) is 0 Å². The van der Waals surface area contributed by atoms with Crippen LogP contribution in [0, 0.1) is 12.7 Å². The van der Waals surface area contributed by atoms with E-state index in [1.165, 1.54) is 18.5 Å². The molecule has 2 aromatic carbocycles. The Morgan fingerprint density at radius 1 is 1.11 bits per heavy atom. The second-order valence-electron chi connectivity index (χ2n) is 7.86.